The molecule has 2 nitrogen and oxygen atoms in total. The number of thiophene rings is 1. The van der Waals surface area contributed by atoms with Crippen molar-refractivity contribution in [2.24, 2.45) is 0 Å². The quantitative estimate of drug-likeness (QED) is 0.587. The third-order valence-corrected chi connectivity index (χ3v) is 2.17. The summed E-state index contributed by atoms with van der Waals surface area (Å²) in [5.41, 5.74) is 0. The highest BCUT2D eigenvalue weighted by molar-refractivity contribution is 7.10. The van der Waals surface area contributed by atoms with Gasteiger partial charge in [-0.3, -0.25) is 0 Å². The van der Waals surface area contributed by atoms with Crippen molar-refractivity contribution in [1.82, 2.24) is 9.97 Å². The van der Waals surface area contributed by atoms with E-state index in [0.29, 0.717) is 5.82 Å². The van der Waals surface area contributed by atoms with Gasteiger partial charge in [0.2, 0.25) is 5.82 Å². The van der Waals surface area contributed by atoms with Crippen LogP contribution in [0.4, 0.5) is 0 Å². The molecule has 3 heteroatoms. The maximum Gasteiger partial charge on any atom is 0.205 e. The molecule has 2 aromatic rings. The van der Waals surface area contributed by atoms with E-state index >= 15 is 0 Å². The van der Waals surface area contributed by atoms with E-state index < -0.39 is 0 Å². The fourth-order valence-electron chi connectivity index (χ4n) is 0.831. The highest BCUT2D eigenvalue weighted by atomic mass is 32.1. The van der Waals surface area contributed by atoms with Crippen LogP contribution in [-0.4, -0.2) is 9.97 Å². The van der Waals surface area contributed by atoms with Crippen molar-refractivity contribution in [3.05, 3.63) is 46.7 Å². The molecule has 2 heterocycles. The summed E-state index contributed by atoms with van der Waals surface area (Å²) in [7, 11) is 0. The van der Waals surface area contributed by atoms with Crippen LogP contribution in [0.3, 0.4) is 0 Å². The summed E-state index contributed by atoms with van der Waals surface area (Å²) < 4.78 is 0. The van der Waals surface area contributed by atoms with Crippen molar-refractivity contribution in [1.29, 1.82) is 0 Å². The number of nitrogens with zero attached hydrogens (tertiary/aromatic N) is 2. The first-order chi connectivity index (χ1) is 6.45. The first kappa shape index (κ1) is 7.96. The Morgan fingerprint density at radius 1 is 1.08 bits per heavy atom. The van der Waals surface area contributed by atoms with Crippen LogP contribution in [0.2, 0.25) is 0 Å². The van der Waals surface area contributed by atoms with Crippen molar-refractivity contribution in [2.45, 2.75) is 0 Å². The topological polar surface area (TPSA) is 25.8 Å². The van der Waals surface area contributed by atoms with Gasteiger partial charge in [-0.25, -0.2) is 9.97 Å². The normalized spacial score (nSPS) is 8.92. The predicted molar refractivity (Wildman–Crippen MR) is 52.3 cm³/mol. The maximum absolute atomic E-state index is 4.00. The molecule has 2 aromatic heterocycles. The number of rotatable bonds is 0. The van der Waals surface area contributed by atoms with Crippen LogP contribution in [0.15, 0.2) is 36.0 Å². The Balaban J connectivity index is 2.23. The Morgan fingerprint density at radius 2 is 1.92 bits per heavy atom. The lowest BCUT2D eigenvalue weighted by Gasteiger charge is -1.83. The standard InChI is InChI=1S/C10H6N2S/c1-3-9(13-8-1)4-5-10-11-6-2-7-12-10/h1-3,6-8H. The zero-order valence-electron chi connectivity index (χ0n) is 6.77. The fourth-order valence-corrected chi connectivity index (χ4v) is 1.40. The van der Waals surface area contributed by atoms with E-state index in [0.717, 1.165) is 4.88 Å². The van der Waals surface area contributed by atoms with Gasteiger partial charge in [-0.2, -0.15) is 0 Å². The Kier molecular flexibility index (Phi) is 2.35. The van der Waals surface area contributed by atoms with Crippen LogP contribution < -0.4 is 0 Å². The summed E-state index contributed by atoms with van der Waals surface area (Å²) in [5, 5.41) is 2.00. The summed E-state index contributed by atoms with van der Waals surface area (Å²) in [6.07, 6.45) is 3.37. The third-order valence-electron chi connectivity index (χ3n) is 1.38. The molecule has 0 aliphatic carbocycles. The van der Waals surface area contributed by atoms with Gasteiger partial charge in [-0.05, 0) is 29.4 Å². The summed E-state index contributed by atoms with van der Waals surface area (Å²) in [4.78, 5) is 9.03. The van der Waals surface area contributed by atoms with Gasteiger partial charge < -0.3 is 0 Å². The zero-order valence-corrected chi connectivity index (χ0v) is 7.58. The molecule has 0 aliphatic rings. The summed E-state index contributed by atoms with van der Waals surface area (Å²) >= 11 is 1.61. The number of aromatic nitrogens is 2. The van der Waals surface area contributed by atoms with Gasteiger partial charge in [-0.1, -0.05) is 6.07 Å². The molecule has 62 valence electrons. The van der Waals surface area contributed by atoms with Gasteiger partial charge in [0.15, 0.2) is 0 Å². The molecule has 13 heavy (non-hydrogen) atoms. The molecule has 2 rings (SSSR count). The zero-order chi connectivity index (χ0) is 8.93. The van der Waals surface area contributed by atoms with Crippen LogP contribution in [0.25, 0.3) is 0 Å². The van der Waals surface area contributed by atoms with Gasteiger partial charge in [-0.15, -0.1) is 11.3 Å². The van der Waals surface area contributed by atoms with E-state index in [1.807, 2.05) is 17.5 Å². The molecular weight excluding hydrogens is 180 g/mol. The summed E-state index contributed by atoms with van der Waals surface area (Å²) in [5.74, 6) is 6.44. The first-order valence-electron chi connectivity index (χ1n) is 3.78. The highest BCUT2D eigenvalue weighted by Gasteiger charge is 1.87. The first-order valence-corrected chi connectivity index (χ1v) is 4.66. The highest BCUT2D eigenvalue weighted by Crippen LogP contribution is 2.05. The largest absolute Gasteiger partial charge is 0.229 e. The molecule has 0 aromatic carbocycles. The Labute approximate surface area is 80.3 Å². The lowest BCUT2D eigenvalue weighted by molar-refractivity contribution is 1.13. The van der Waals surface area contributed by atoms with Crippen molar-refractivity contribution >= 4 is 11.3 Å². The Hall–Kier alpha value is -1.66. The molecular formula is C10H6N2S. The molecule has 0 radical (unpaired) electrons. The van der Waals surface area contributed by atoms with Crippen LogP contribution in [0.5, 0.6) is 0 Å². The van der Waals surface area contributed by atoms with Gasteiger partial charge in [0.1, 0.15) is 0 Å². The van der Waals surface area contributed by atoms with E-state index in [2.05, 4.69) is 21.8 Å². The van der Waals surface area contributed by atoms with E-state index in [1.165, 1.54) is 0 Å². The molecule has 0 saturated heterocycles. The van der Waals surface area contributed by atoms with E-state index in [1.54, 1.807) is 29.8 Å². The third kappa shape index (κ3) is 2.14. The van der Waals surface area contributed by atoms with Gasteiger partial charge in [0.05, 0.1) is 4.88 Å². The maximum atomic E-state index is 4.00. The summed E-state index contributed by atoms with van der Waals surface area (Å²) in [6.45, 7) is 0. The van der Waals surface area contributed by atoms with Crippen LogP contribution in [0, 0.1) is 11.8 Å². The van der Waals surface area contributed by atoms with Gasteiger partial charge >= 0.3 is 0 Å². The molecule has 0 spiro atoms. The average molecular weight is 186 g/mol. The molecule has 0 atom stereocenters. The minimum atomic E-state index is 0.566. The monoisotopic (exact) mass is 186 g/mol. The average Bonchev–Trinajstić information content (AvgIpc) is 2.69. The SMILES string of the molecule is C(#Cc1cccs1)c1ncccn1. The second-order valence-electron chi connectivity index (χ2n) is 2.30. The molecule has 0 N–H and O–H groups in total. The summed E-state index contributed by atoms with van der Waals surface area (Å²) in [6, 6.07) is 5.72. The van der Waals surface area contributed by atoms with Crippen molar-refractivity contribution in [2.75, 3.05) is 0 Å². The van der Waals surface area contributed by atoms with E-state index in [9.17, 15) is 0 Å². The predicted octanol–water partition coefficient (Wildman–Crippen LogP) is 1.94. The van der Waals surface area contributed by atoms with Crippen LogP contribution >= 0.6 is 11.3 Å². The molecule has 0 bridgehead atoms. The van der Waals surface area contributed by atoms with Crippen LogP contribution in [-0.2, 0) is 0 Å². The Bertz CT molecular complexity index is 423. The van der Waals surface area contributed by atoms with Crippen LogP contribution in [0.1, 0.15) is 10.7 Å². The smallest absolute Gasteiger partial charge is 0.205 e. The van der Waals surface area contributed by atoms with E-state index in [4.69, 9.17) is 0 Å². The second-order valence-corrected chi connectivity index (χ2v) is 3.25. The second kappa shape index (κ2) is 3.83. The van der Waals surface area contributed by atoms with E-state index in [-0.39, 0.29) is 0 Å². The number of hydrogen-bond acceptors (Lipinski definition) is 3. The lowest BCUT2D eigenvalue weighted by Crippen LogP contribution is -1.84. The molecule has 0 aliphatic heterocycles. The van der Waals surface area contributed by atoms with Crippen molar-refractivity contribution in [3.8, 4) is 11.8 Å². The van der Waals surface area contributed by atoms with Crippen molar-refractivity contribution in [3.63, 3.8) is 0 Å². The number of hydrogen-bond donors (Lipinski definition) is 0. The molecule has 0 saturated carbocycles. The fraction of sp³-hybridized carbons (Fsp3) is 0. The van der Waals surface area contributed by atoms with Crippen molar-refractivity contribution < 1.29 is 0 Å². The van der Waals surface area contributed by atoms with Gasteiger partial charge in [0, 0.05) is 12.4 Å². The minimum Gasteiger partial charge on any atom is -0.229 e. The van der Waals surface area contributed by atoms with Gasteiger partial charge in [0.25, 0.3) is 0 Å². The minimum absolute atomic E-state index is 0.566. The Morgan fingerprint density at radius 3 is 2.62 bits per heavy atom. The lowest BCUT2D eigenvalue weighted by atomic mass is 10.4. The molecule has 0 amide bonds. The molecule has 0 fully saturated rings. The molecule has 0 unspecified atom stereocenters.